The molecule has 0 aliphatic heterocycles. The van der Waals surface area contributed by atoms with Gasteiger partial charge in [0.2, 0.25) is 5.91 Å². The molecule has 0 bridgehead atoms. The largest absolute Gasteiger partial charge is 0.481 e. The smallest absolute Gasteiger partial charge is 0.305 e. The Balaban J connectivity index is 2.39. The topological polar surface area (TPSA) is 66.4 Å². The van der Waals surface area contributed by atoms with Crippen LogP contribution in [0.15, 0.2) is 24.3 Å². The van der Waals surface area contributed by atoms with Gasteiger partial charge in [-0.1, -0.05) is 19.1 Å². The molecule has 0 saturated carbocycles. The zero-order valence-corrected chi connectivity index (χ0v) is 10.1. The van der Waals surface area contributed by atoms with Crippen molar-refractivity contribution in [2.45, 2.75) is 25.7 Å². The molecule has 98 valence electrons. The zero-order valence-electron chi connectivity index (χ0n) is 10.1. The molecular weight excluding hydrogens is 237 g/mol. The predicted octanol–water partition coefficient (Wildman–Crippen LogP) is 1.91. The minimum absolute atomic E-state index is 0.0320. The van der Waals surface area contributed by atoms with Gasteiger partial charge in [0.15, 0.2) is 0 Å². The van der Waals surface area contributed by atoms with Crippen molar-refractivity contribution in [1.82, 2.24) is 5.32 Å². The van der Waals surface area contributed by atoms with E-state index < -0.39 is 5.97 Å². The van der Waals surface area contributed by atoms with Crippen LogP contribution in [0.1, 0.15) is 31.2 Å². The monoisotopic (exact) mass is 253 g/mol. The molecule has 0 aliphatic carbocycles. The molecule has 4 nitrogen and oxygen atoms in total. The number of benzene rings is 1. The Hall–Kier alpha value is -1.91. The van der Waals surface area contributed by atoms with Crippen LogP contribution in [0, 0.1) is 5.82 Å². The molecule has 0 radical (unpaired) electrons. The third kappa shape index (κ3) is 4.95. The summed E-state index contributed by atoms with van der Waals surface area (Å²) in [6, 6.07) is 6.00. The van der Waals surface area contributed by atoms with Gasteiger partial charge in [-0.3, -0.25) is 9.59 Å². The number of hydrogen-bond donors (Lipinski definition) is 2. The number of carbonyl (C=O) groups excluding carboxylic acids is 1. The maximum atomic E-state index is 12.7. The highest BCUT2D eigenvalue weighted by Crippen LogP contribution is 2.18. The van der Waals surface area contributed by atoms with Crippen LogP contribution in [-0.2, 0) is 9.59 Å². The second-order valence-corrected chi connectivity index (χ2v) is 4.15. The average Bonchev–Trinajstić information content (AvgIpc) is 2.29. The second kappa shape index (κ2) is 6.74. The normalized spacial score (nSPS) is 11.9. The highest BCUT2D eigenvalue weighted by atomic mass is 19.1. The number of hydrogen-bond acceptors (Lipinski definition) is 2. The van der Waals surface area contributed by atoms with Gasteiger partial charge < -0.3 is 10.4 Å². The Morgan fingerprint density at radius 2 is 1.94 bits per heavy atom. The Kier molecular flexibility index (Phi) is 5.30. The lowest BCUT2D eigenvalue weighted by molar-refractivity contribution is -0.136. The SMILES string of the molecule is CC(CC(=O)NCCC(=O)O)c1ccc(F)cc1. The number of nitrogens with one attached hydrogen (secondary N) is 1. The standard InChI is InChI=1S/C13H16FNO3/c1-9(10-2-4-11(14)5-3-10)8-12(16)15-7-6-13(17)18/h2-5,9H,6-8H2,1H3,(H,15,16)(H,17,18). The molecule has 18 heavy (non-hydrogen) atoms. The Labute approximate surface area is 105 Å². The van der Waals surface area contributed by atoms with Gasteiger partial charge in [0.1, 0.15) is 5.82 Å². The Morgan fingerprint density at radius 3 is 2.50 bits per heavy atom. The van der Waals surface area contributed by atoms with E-state index in [-0.39, 0.29) is 37.0 Å². The van der Waals surface area contributed by atoms with Crippen LogP contribution < -0.4 is 5.32 Å². The Bertz CT molecular complexity index is 417. The lowest BCUT2D eigenvalue weighted by Crippen LogP contribution is -2.26. The molecule has 1 unspecified atom stereocenters. The third-order valence-corrected chi connectivity index (χ3v) is 2.59. The lowest BCUT2D eigenvalue weighted by atomic mass is 9.97. The first kappa shape index (κ1) is 14.2. The third-order valence-electron chi connectivity index (χ3n) is 2.59. The molecular formula is C13H16FNO3. The molecule has 0 heterocycles. The molecule has 1 rings (SSSR count). The number of amides is 1. The molecule has 1 aromatic carbocycles. The summed E-state index contributed by atoms with van der Waals surface area (Å²) in [5, 5.41) is 11.0. The van der Waals surface area contributed by atoms with Crippen molar-refractivity contribution in [3.05, 3.63) is 35.6 Å². The van der Waals surface area contributed by atoms with E-state index in [9.17, 15) is 14.0 Å². The minimum Gasteiger partial charge on any atom is -0.481 e. The summed E-state index contributed by atoms with van der Waals surface area (Å²) in [6.07, 6.45) is 0.169. The average molecular weight is 253 g/mol. The van der Waals surface area contributed by atoms with E-state index in [1.807, 2.05) is 6.92 Å². The summed E-state index contributed by atoms with van der Waals surface area (Å²) in [5.74, 6) is -1.48. The molecule has 1 atom stereocenters. The fourth-order valence-corrected chi connectivity index (χ4v) is 1.57. The first-order valence-corrected chi connectivity index (χ1v) is 5.73. The van der Waals surface area contributed by atoms with Gasteiger partial charge in [0.05, 0.1) is 6.42 Å². The van der Waals surface area contributed by atoms with Crippen molar-refractivity contribution < 1.29 is 19.1 Å². The summed E-state index contributed by atoms with van der Waals surface area (Å²) in [6.45, 7) is 1.99. The van der Waals surface area contributed by atoms with Crippen molar-refractivity contribution in [1.29, 1.82) is 0 Å². The highest BCUT2D eigenvalue weighted by molar-refractivity contribution is 5.77. The molecule has 0 fully saturated rings. The summed E-state index contributed by atoms with van der Waals surface area (Å²) in [4.78, 5) is 21.8. The van der Waals surface area contributed by atoms with Crippen molar-refractivity contribution >= 4 is 11.9 Å². The summed E-state index contributed by atoms with van der Waals surface area (Å²) >= 11 is 0. The maximum Gasteiger partial charge on any atom is 0.305 e. The van der Waals surface area contributed by atoms with Crippen molar-refractivity contribution in [3.63, 3.8) is 0 Å². The van der Waals surface area contributed by atoms with Crippen LogP contribution in [0.5, 0.6) is 0 Å². The summed E-state index contributed by atoms with van der Waals surface area (Å²) in [7, 11) is 0. The van der Waals surface area contributed by atoms with E-state index in [2.05, 4.69) is 5.32 Å². The number of carboxylic acids is 1. The van der Waals surface area contributed by atoms with Gasteiger partial charge in [-0.2, -0.15) is 0 Å². The summed E-state index contributed by atoms with van der Waals surface area (Å²) < 4.78 is 12.7. The second-order valence-electron chi connectivity index (χ2n) is 4.15. The van der Waals surface area contributed by atoms with E-state index in [1.54, 1.807) is 12.1 Å². The van der Waals surface area contributed by atoms with Crippen LogP contribution in [0.4, 0.5) is 4.39 Å². The van der Waals surface area contributed by atoms with Gasteiger partial charge in [-0.05, 0) is 23.6 Å². The van der Waals surface area contributed by atoms with E-state index >= 15 is 0 Å². The minimum atomic E-state index is -0.943. The zero-order chi connectivity index (χ0) is 13.5. The molecule has 1 aromatic rings. The molecule has 0 aromatic heterocycles. The van der Waals surface area contributed by atoms with Crippen LogP contribution in [-0.4, -0.2) is 23.5 Å². The van der Waals surface area contributed by atoms with Gasteiger partial charge in [0, 0.05) is 13.0 Å². The van der Waals surface area contributed by atoms with Crippen LogP contribution in [0.3, 0.4) is 0 Å². The first-order valence-electron chi connectivity index (χ1n) is 5.73. The number of carboxylic acid groups (broad SMARTS) is 1. The van der Waals surface area contributed by atoms with Crippen molar-refractivity contribution in [2.75, 3.05) is 6.54 Å². The fraction of sp³-hybridized carbons (Fsp3) is 0.385. The van der Waals surface area contributed by atoms with E-state index in [1.165, 1.54) is 12.1 Å². The van der Waals surface area contributed by atoms with Crippen molar-refractivity contribution in [2.24, 2.45) is 0 Å². The van der Waals surface area contributed by atoms with Gasteiger partial charge >= 0.3 is 5.97 Å². The fourth-order valence-electron chi connectivity index (χ4n) is 1.57. The van der Waals surface area contributed by atoms with E-state index in [4.69, 9.17) is 5.11 Å². The van der Waals surface area contributed by atoms with E-state index in [0.717, 1.165) is 5.56 Å². The molecule has 0 saturated heterocycles. The first-order chi connectivity index (χ1) is 8.49. The number of aliphatic carboxylic acids is 1. The lowest BCUT2D eigenvalue weighted by Gasteiger charge is -2.11. The van der Waals surface area contributed by atoms with Crippen LogP contribution in [0.25, 0.3) is 0 Å². The quantitative estimate of drug-likeness (QED) is 0.813. The van der Waals surface area contributed by atoms with Gasteiger partial charge in [0.25, 0.3) is 0 Å². The molecule has 0 spiro atoms. The molecule has 2 N–H and O–H groups in total. The number of carbonyl (C=O) groups is 2. The summed E-state index contributed by atoms with van der Waals surface area (Å²) in [5.41, 5.74) is 0.879. The molecule has 5 heteroatoms. The van der Waals surface area contributed by atoms with Gasteiger partial charge in [-0.15, -0.1) is 0 Å². The highest BCUT2D eigenvalue weighted by Gasteiger charge is 2.11. The molecule has 0 aliphatic rings. The molecule has 1 amide bonds. The predicted molar refractivity (Wildman–Crippen MR) is 64.7 cm³/mol. The maximum absolute atomic E-state index is 12.7. The van der Waals surface area contributed by atoms with E-state index in [0.29, 0.717) is 0 Å². The number of rotatable bonds is 6. The Morgan fingerprint density at radius 1 is 1.33 bits per heavy atom. The van der Waals surface area contributed by atoms with Crippen molar-refractivity contribution in [3.8, 4) is 0 Å². The van der Waals surface area contributed by atoms with Crippen LogP contribution in [0.2, 0.25) is 0 Å². The number of halogens is 1. The van der Waals surface area contributed by atoms with Gasteiger partial charge in [-0.25, -0.2) is 4.39 Å². The van der Waals surface area contributed by atoms with Crippen LogP contribution >= 0.6 is 0 Å².